The Bertz CT molecular complexity index is 388. The number of nitriles is 1. The highest BCUT2D eigenvalue weighted by molar-refractivity contribution is 5.27. The maximum Gasteiger partial charge on any atom is 0.174 e. The van der Waals surface area contributed by atoms with Crippen molar-refractivity contribution >= 4 is 0 Å². The lowest BCUT2D eigenvalue weighted by molar-refractivity contribution is 0.329. The van der Waals surface area contributed by atoms with Gasteiger partial charge >= 0.3 is 0 Å². The first-order valence-corrected chi connectivity index (χ1v) is 6.47. The fraction of sp³-hybridized carbons (Fsp3) is 0.533. The highest BCUT2D eigenvalue weighted by atomic mass is 16.5. The van der Waals surface area contributed by atoms with E-state index in [-0.39, 0.29) is 12.1 Å². The summed E-state index contributed by atoms with van der Waals surface area (Å²) in [6, 6.07) is 9.84. The van der Waals surface area contributed by atoms with Gasteiger partial charge in [-0.1, -0.05) is 26.0 Å². The molecule has 0 aliphatic rings. The molecule has 0 aromatic heterocycles. The Morgan fingerprint density at radius 3 is 2.33 bits per heavy atom. The highest BCUT2D eigenvalue weighted by Crippen LogP contribution is 2.16. The van der Waals surface area contributed by atoms with Crippen LogP contribution in [0.4, 0.5) is 0 Å². The number of hydrogen-bond donors (Lipinski definition) is 1. The van der Waals surface area contributed by atoms with Gasteiger partial charge in [-0.3, -0.25) is 0 Å². The SMILES string of the molecule is CCC(C)(CC)NCc1ccc(OCC#N)cc1. The Kier molecular flexibility index (Phi) is 5.67. The summed E-state index contributed by atoms with van der Waals surface area (Å²) in [5.74, 6) is 0.744. The van der Waals surface area contributed by atoms with Crippen LogP contribution in [0.3, 0.4) is 0 Å². The monoisotopic (exact) mass is 246 g/mol. The summed E-state index contributed by atoms with van der Waals surface area (Å²) < 4.78 is 5.22. The third kappa shape index (κ3) is 4.38. The van der Waals surface area contributed by atoms with Gasteiger partial charge in [-0.05, 0) is 37.5 Å². The Morgan fingerprint density at radius 1 is 1.22 bits per heavy atom. The first kappa shape index (κ1) is 14.5. The van der Waals surface area contributed by atoms with Gasteiger partial charge in [0.05, 0.1) is 0 Å². The molecule has 1 rings (SSSR count). The predicted octanol–water partition coefficient (Wildman–Crippen LogP) is 3.26. The van der Waals surface area contributed by atoms with Crippen LogP contribution in [0.5, 0.6) is 5.75 Å². The third-order valence-electron chi connectivity index (χ3n) is 3.51. The standard InChI is InChI=1S/C15H22N2O/c1-4-15(3,5-2)17-12-13-6-8-14(9-7-13)18-11-10-16/h6-9,17H,4-5,11-12H2,1-3H3. The van der Waals surface area contributed by atoms with Crippen molar-refractivity contribution in [2.24, 2.45) is 0 Å². The summed E-state index contributed by atoms with van der Waals surface area (Å²) in [5, 5.41) is 12.0. The molecule has 3 heteroatoms. The highest BCUT2D eigenvalue weighted by Gasteiger charge is 2.17. The van der Waals surface area contributed by atoms with E-state index in [2.05, 4.69) is 26.1 Å². The lowest BCUT2D eigenvalue weighted by atomic mass is 9.95. The van der Waals surface area contributed by atoms with Crippen LogP contribution < -0.4 is 10.1 Å². The molecule has 18 heavy (non-hydrogen) atoms. The lowest BCUT2D eigenvalue weighted by Crippen LogP contribution is -2.40. The summed E-state index contributed by atoms with van der Waals surface area (Å²) in [4.78, 5) is 0. The first-order chi connectivity index (χ1) is 8.63. The normalized spacial score (nSPS) is 11.0. The Hall–Kier alpha value is -1.53. The van der Waals surface area contributed by atoms with Gasteiger partial charge in [0.1, 0.15) is 11.8 Å². The fourth-order valence-corrected chi connectivity index (χ4v) is 1.63. The molecule has 0 aliphatic carbocycles. The number of ether oxygens (including phenoxy) is 1. The summed E-state index contributed by atoms with van der Waals surface area (Å²) in [6.45, 7) is 7.61. The second-order valence-electron chi connectivity index (χ2n) is 4.71. The molecule has 3 nitrogen and oxygen atoms in total. The van der Waals surface area contributed by atoms with Crippen LogP contribution in [0.2, 0.25) is 0 Å². The van der Waals surface area contributed by atoms with Crippen molar-refractivity contribution in [1.29, 1.82) is 5.26 Å². The van der Waals surface area contributed by atoms with Gasteiger partial charge in [0.15, 0.2) is 6.61 Å². The average Bonchev–Trinajstić information content (AvgIpc) is 2.43. The van der Waals surface area contributed by atoms with Crippen LogP contribution in [-0.4, -0.2) is 12.1 Å². The van der Waals surface area contributed by atoms with Crippen LogP contribution in [0.15, 0.2) is 24.3 Å². The topological polar surface area (TPSA) is 45.0 Å². The molecule has 0 bridgehead atoms. The van der Waals surface area contributed by atoms with Crippen LogP contribution in [0.1, 0.15) is 39.2 Å². The zero-order valence-corrected chi connectivity index (χ0v) is 11.5. The smallest absolute Gasteiger partial charge is 0.174 e. The van der Waals surface area contributed by atoms with Crippen LogP contribution in [-0.2, 0) is 6.54 Å². The molecule has 0 radical (unpaired) electrons. The lowest BCUT2D eigenvalue weighted by Gasteiger charge is -2.28. The maximum atomic E-state index is 8.43. The van der Waals surface area contributed by atoms with E-state index in [4.69, 9.17) is 10.00 Å². The Labute approximate surface area is 110 Å². The van der Waals surface area contributed by atoms with Crippen molar-refractivity contribution in [3.8, 4) is 11.8 Å². The molecule has 0 spiro atoms. The number of rotatable bonds is 7. The zero-order chi connectivity index (χ0) is 13.4. The molecule has 1 N–H and O–H groups in total. The van der Waals surface area contributed by atoms with Gasteiger partial charge in [-0.15, -0.1) is 0 Å². The fourth-order valence-electron chi connectivity index (χ4n) is 1.63. The minimum absolute atomic E-state index is 0.0985. The van der Waals surface area contributed by atoms with Crippen LogP contribution in [0, 0.1) is 11.3 Å². The molecular formula is C15H22N2O. The molecule has 0 saturated carbocycles. The van der Waals surface area contributed by atoms with Gasteiger partial charge in [-0.2, -0.15) is 5.26 Å². The largest absolute Gasteiger partial charge is 0.479 e. The quantitative estimate of drug-likeness (QED) is 0.803. The van der Waals surface area contributed by atoms with Crippen molar-refractivity contribution in [2.45, 2.75) is 45.7 Å². The van der Waals surface area contributed by atoms with Gasteiger partial charge in [0.2, 0.25) is 0 Å². The maximum absolute atomic E-state index is 8.43. The second kappa shape index (κ2) is 7.03. The number of nitrogens with zero attached hydrogens (tertiary/aromatic N) is 1. The summed E-state index contributed by atoms with van der Waals surface area (Å²) in [6.07, 6.45) is 2.24. The molecule has 0 amide bonds. The molecule has 1 aromatic rings. The summed E-state index contributed by atoms with van der Waals surface area (Å²) >= 11 is 0. The van der Waals surface area contributed by atoms with Crippen molar-refractivity contribution in [3.05, 3.63) is 29.8 Å². The van der Waals surface area contributed by atoms with Crippen molar-refractivity contribution in [2.75, 3.05) is 6.61 Å². The molecule has 0 unspecified atom stereocenters. The van der Waals surface area contributed by atoms with Crippen molar-refractivity contribution in [3.63, 3.8) is 0 Å². The Balaban J connectivity index is 2.51. The molecule has 98 valence electrons. The molecule has 0 fully saturated rings. The van der Waals surface area contributed by atoms with Gasteiger partial charge in [0.25, 0.3) is 0 Å². The minimum atomic E-state index is 0.0985. The van der Waals surface area contributed by atoms with E-state index in [1.165, 1.54) is 5.56 Å². The van der Waals surface area contributed by atoms with E-state index >= 15 is 0 Å². The van der Waals surface area contributed by atoms with Crippen LogP contribution >= 0.6 is 0 Å². The molecule has 0 atom stereocenters. The number of benzene rings is 1. The molecule has 0 saturated heterocycles. The third-order valence-corrected chi connectivity index (χ3v) is 3.51. The Morgan fingerprint density at radius 2 is 1.83 bits per heavy atom. The van der Waals surface area contributed by atoms with Gasteiger partial charge < -0.3 is 10.1 Å². The number of nitrogens with one attached hydrogen (secondary N) is 1. The zero-order valence-electron chi connectivity index (χ0n) is 11.5. The van der Waals surface area contributed by atoms with E-state index in [0.29, 0.717) is 0 Å². The summed E-state index contributed by atoms with van der Waals surface area (Å²) in [7, 11) is 0. The van der Waals surface area contributed by atoms with Crippen LogP contribution in [0.25, 0.3) is 0 Å². The average molecular weight is 246 g/mol. The van der Waals surface area contributed by atoms with E-state index in [1.54, 1.807) is 0 Å². The minimum Gasteiger partial charge on any atom is -0.479 e. The first-order valence-electron chi connectivity index (χ1n) is 6.47. The van der Waals surface area contributed by atoms with Gasteiger partial charge in [0, 0.05) is 12.1 Å². The van der Waals surface area contributed by atoms with Gasteiger partial charge in [-0.25, -0.2) is 0 Å². The molecule has 0 aliphatic heterocycles. The van der Waals surface area contributed by atoms with E-state index in [9.17, 15) is 0 Å². The second-order valence-corrected chi connectivity index (χ2v) is 4.71. The van der Waals surface area contributed by atoms with Crippen molar-refractivity contribution < 1.29 is 4.74 Å². The van der Waals surface area contributed by atoms with E-state index < -0.39 is 0 Å². The van der Waals surface area contributed by atoms with E-state index in [0.717, 1.165) is 25.1 Å². The van der Waals surface area contributed by atoms with E-state index in [1.807, 2.05) is 30.3 Å². The number of hydrogen-bond acceptors (Lipinski definition) is 3. The molecular weight excluding hydrogens is 224 g/mol. The predicted molar refractivity (Wildman–Crippen MR) is 73.4 cm³/mol. The summed E-state index contributed by atoms with van der Waals surface area (Å²) in [5.41, 5.74) is 1.43. The molecule has 1 aromatic carbocycles. The molecule has 0 heterocycles. The van der Waals surface area contributed by atoms with Crippen molar-refractivity contribution in [1.82, 2.24) is 5.32 Å².